The average Bonchev–Trinajstić information content (AvgIpc) is 2.80. The Hall–Kier alpha value is -0.701. The Morgan fingerprint density at radius 3 is 1.87 bits per heavy atom. The zero-order valence-corrected chi connectivity index (χ0v) is 16.5. The standard InChI is InChI=1S/C12H25B8NO2/c1-3-10(16,21-2)11(17,18)4-5(13)7(15)9-8(6(4)14)22-12(19,20)23-9/h21H,3,13-20H2,1-2H3. The summed E-state index contributed by atoms with van der Waals surface area (Å²) in [6.07, 6.45) is 1.05. The van der Waals surface area contributed by atoms with Crippen molar-refractivity contribution in [1.82, 2.24) is 5.32 Å². The molecule has 1 N–H and O–H groups in total. The lowest BCUT2D eigenvalue weighted by molar-refractivity contribution is 0.0844. The van der Waals surface area contributed by atoms with E-state index in [0.29, 0.717) is 0 Å². The first-order chi connectivity index (χ1) is 10.4. The topological polar surface area (TPSA) is 30.5 Å². The largest absolute Gasteiger partial charge is 0.467 e. The molecule has 0 spiro atoms. The van der Waals surface area contributed by atoms with Crippen molar-refractivity contribution in [2.75, 3.05) is 7.05 Å². The van der Waals surface area contributed by atoms with E-state index >= 15 is 0 Å². The normalized spacial score (nSPS) is 18.5. The number of fused-ring (bicyclic) bond motifs is 1. The molecule has 1 unspecified atom stereocenters. The van der Waals surface area contributed by atoms with Gasteiger partial charge >= 0.3 is 0 Å². The summed E-state index contributed by atoms with van der Waals surface area (Å²) in [5, 5.41) is 3.51. The van der Waals surface area contributed by atoms with Crippen LogP contribution in [0.15, 0.2) is 0 Å². The second kappa shape index (κ2) is 5.68. The lowest BCUT2D eigenvalue weighted by Gasteiger charge is -2.47. The van der Waals surface area contributed by atoms with Crippen molar-refractivity contribution in [2.45, 2.75) is 29.6 Å². The van der Waals surface area contributed by atoms with Crippen LogP contribution in [0.2, 0.25) is 0 Å². The quantitative estimate of drug-likeness (QED) is 0.561. The van der Waals surface area contributed by atoms with E-state index in [1.807, 2.05) is 15.7 Å². The van der Waals surface area contributed by atoms with E-state index in [1.54, 1.807) is 0 Å². The second-order valence-corrected chi connectivity index (χ2v) is 8.07. The molecule has 0 saturated carbocycles. The molecule has 1 aliphatic rings. The van der Waals surface area contributed by atoms with Crippen LogP contribution < -0.4 is 31.2 Å². The minimum atomic E-state index is -0.593. The lowest BCUT2D eigenvalue weighted by Crippen LogP contribution is -2.64. The van der Waals surface area contributed by atoms with Crippen LogP contribution in [-0.2, 0) is 5.21 Å². The maximum Gasteiger partial charge on any atom is 0.197 e. The third-order valence-electron chi connectivity index (χ3n) is 6.16. The highest BCUT2D eigenvalue weighted by Crippen LogP contribution is 2.36. The Bertz CT molecular complexity index is 645. The maximum atomic E-state index is 6.13. The van der Waals surface area contributed by atoms with Crippen molar-refractivity contribution in [3.8, 4) is 11.5 Å². The molecule has 0 radical (unpaired) electrons. The molecule has 0 aliphatic carbocycles. The maximum absolute atomic E-state index is 6.13. The van der Waals surface area contributed by atoms with E-state index in [1.165, 1.54) is 22.0 Å². The molecule has 1 aromatic rings. The third kappa shape index (κ3) is 2.69. The van der Waals surface area contributed by atoms with Gasteiger partial charge in [0.25, 0.3) is 0 Å². The summed E-state index contributed by atoms with van der Waals surface area (Å²) < 4.78 is 12.2. The van der Waals surface area contributed by atoms with Gasteiger partial charge in [0.1, 0.15) is 47.1 Å². The van der Waals surface area contributed by atoms with Gasteiger partial charge in [-0.25, -0.2) is 0 Å². The molecule has 0 bridgehead atoms. The van der Waals surface area contributed by atoms with Crippen LogP contribution in [-0.4, -0.2) is 80.8 Å². The zero-order valence-electron chi connectivity index (χ0n) is 16.5. The van der Waals surface area contributed by atoms with Crippen molar-refractivity contribution in [3.05, 3.63) is 5.56 Å². The highest BCUT2D eigenvalue weighted by molar-refractivity contribution is 6.57. The van der Waals surface area contributed by atoms with Crippen LogP contribution >= 0.6 is 0 Å². The minimum Gasteiger partial charge on any atom is -0.467 e. The summed E-state index contributed by atoms with van der Waals surface area (Å²) in [5.41, 5.74) is 4.47. The van der Waals surface area contributed by atoms with E-state index in [2.05, 4.69) is 66.4 Å². The van der Waals surface area contributed by atoms with Gasteiger partial charge in [-0.05, 0) is 29.8 Å². The van der Waals surface area contributed by atoms with E-state index in [9.17, 15) is 0 Å². The Morgan fingerprint density at radius 2 is 1.43 bits per heavy atom. The fourth-order valence-electron chi connectivity index (χ4n) is 4.00. The summed E-state index contributed by atoms with van der Waals surface area (Å²) in [4.78, 5) is 0. The smallest absolute Gasteiger partial charge is 0.197 e. The van der Waals surface area contributed by atoms with Crippen molar-refractivity contribution in [2.24, 2.45) is 0 Å². The molecule has 0 saturated heterocycles. The number of likely N-dealkylation sites (N-methyl/N-ethyl adjacent to an activating group) is 1. The summed E-state index contributed by atoms with van der Waals surface area (Å²) >= 11 is 0. The monoisotopic (exact) mass is 303 g/mol. The Kier molecular flexibility index (Phi) is 4.60. The highest BCUT2D eigenvalue weighted by atomic mass is 16.7. The molecule has 1 aromatic carbocycles. The number of hydrogen-bond acceptors (Lipinski definition) is 3. The van der Waals surface area contributed by atoms with Gasteiger partial charge in [-0.3, -0.25) is 0 Å². The average molecular weight is 302 g/mol. The highest BCUT2D eigenvalue weighted by Gasteiger charge is 2.43. The van der Waals surface area contributed by atoms with Gasteiger partial charge in [0, 0.05) is 0 Å². The Morgan fingerprint density at radius 1 is 0.957 bits per heavy atom. The number of hydrogen-bond donors (Lipinski definition) is 1. The van der Waals surface area contributed by atoms with Crippen molar-refractivity contribution in [3.63, 3.8) is 0 Å². The first-order valence-electron chi connectivity index (χ1n) is 8.63. The molecule has 1 aliphatic heterocycles. The molecule has 3 nitrogen and oxygen atoms in total. The lowest BCUT2D eigenvalue weighted by atomic mass is 9.34. The summed E-state index contributed by atoms with van der Waals surface area (Å²) in [7, 11) is 19.5. The van der Waals surface area contributed by atoms with Crippen LogP contribution in [0.1, 0.15) is 18.9 Å². The molecule has 1 heterocycles. The fraction of sp³-hybridized carbons (Fsp3) is 0.500. The van der Waals surface area contributed by atoms with Gasteiger partial charge < -0.3 is 14.8 Å². The second-order valence-electron chi connectivity index (χ2n) is 8.07. The van der Waals surface area contributed by atoms with E-state index in [4.69, 9.17) is 9.47 Å². The van der Waals surface area contributed by atoms with Crippen LogP contribution in [0.5, 0.6) is 11.5 Å². The van der Waals surface area contributed by atoms with Crippen LogP contribution in [0.4, 0.5) is 0 Å². The number of ether oxygens (including phenoxy) is 2. The number of benzene rings is 1. The molecule has 0 fully saturated rings. The molecule has 11 heteroatoms. The van der Waals surface area contributed by atoms with E-state index in [0.717, 1.165) is 17.9 Å². The Labute approximate surface area is 148 Å². The summed E-state index contributed by atoms with van der Waals surface area (Å²) in [5.74, 6) is 1.82. The SMILES string of the molecule is Bc1c(B)c(C(B)(B)C(B)(CC)NC)c(B)c2c1OC(B)(B)O2. The third-order valence-corrected chi connectivity index (χ3v) is 6.16. The Balaban J connectivity index is 2.74. The predicted molar refractivity (Wildman–Crippen MR) is 121 cm³/mol. The van der Waals surface area contributed by atoms with Gasteiger partial charge in [0.05, 0.1) is 0 Å². The molecule has 0 aromatic heterocycles. The molecular formula is C12H25B8NO2. The molecule has 23 heavy (non-hydrogen) atoms. The summed E-state index contributed by atoms with van der Waals surface area (Å²) in [6, 6.07) is 0. The van der Waals surface area contributed by atoms with Gasteiger partial charge in [0.15, 0.2) is 32.8 Å². The van der Waals surface area contributed by atoms with Crippen LogP contribution in [0.3, 0.4) is 0 Å². The van der Waals surface area contributed by atoms with Gasteiger partial charge in [-0.2, -0.15) is 0 Å². The van der Waals surface area contributed by atoms with Gasteiger partial charge in [-0.15, -0.1) is 0 Å². The molecule has 0 amide bonds. The fourth-order valence-corrected chi connectivity index (χ4v) is 4.00. The molecule has 2 rings (SSSR count). The van der Waals surface area contributed by atoms with Crippen molar-refractivity contribution >= 4 is 79.2 Å². The number of rotatable bonds is 4. The zero-order chi connectivity index (χ0) is 17.8. The first kappa shape index (κ1) is 18.6. The van der Waals surface area contributed by atoms with Crippen LogP contribution in [0, 0.1) is 0 Å². The first-order valence-corrected chi connectivity index (χ1v) is 8.63. The van der Waals surface area contributed by atoms with E-state index in [-0.39, 0.29) is 10.7 Å². The van der Waals surface area contributed by atoms with E-state index < -0.39 is 5.59 Å². The van der Waals surface area contributed by atoms with Gasteiger partial charge in [-0.1, -0.05) is 23.2 Å². The minimum absolute atomic E-state index is 0.00181. The van der Waals surface area contributed by atoms with Crippen molar-refractivity contribution in [1.29, 1.82) is 0 Å². The van der Waals surface area contributed by atoms with Crippen LogP contribution in [0.25, 0.3) is 0 Å². The number of nitrogens with one attached hydrogen (secondary N) is 1. The molecule has 114 valence electrons. The predicted octanol–water partition coefficient (Wildman–Crippen LogP) is -8.51. The van der Waals surface area contributed by atoms with Gasteiger partial charge in [0.2, 0.25) is 0 Å². The summed E-state index contributed by atoms with van der Waals surface area (Å²) in [6.45, 7) is 2.24. The molecular weight excluding hydrogens is 277 g/mol. The molecule has 1 atom stereocenters. The van der Waals surface area contributed by atoms with Crippen molar-refractivity contribution < 1.29 is 9.47 Å².